The summed E-state index contributed by atoms with van der Waals surface area (Å²) in [5, 5.41) is 11.0. The number of hydrogen-bond acceptors (Lipinski definition) is 5. The molecule has 0 spiro atoms. The molecule has 0 amide bonds. The molecule has 0 radical (unpaired) electrons. The molecule has 0 saturated heterocycles. The van der Waals surface area contributed by atoms with E-state index in [2.05, 4.69) is 15.3 Å². The summed E-state index contributed by atoms with van der Waals surface area (Å²) in [5.41, 5.74) is 0. The van der Waals surface area contributed by atoms with Gasteiger partial charge in [0.15, 0.2) is 10.7 Å². The standard InChI is InChI=1S/C8H6ClN5S/c9-7-12-3-6(15-7)4-14-2-1-11-8(14)13-5-10/h1-3H,4H2,(H,11,13). The Bertz CT molecular complexity index is 497. The van der Waals surface area contributed by atoms with Gasteiger partial charge in [-0.2, -0.15) is 5.26 Å². The molecule has 0 saturated carbocycles. The molecule has 2 rings (SSSR count). The van der Waals surface area contributed by atoms with Gasteiger partial charge in [0.1, 0.15) is 0 Å². The fraction of sp³-hybridized carbons (Fsp3) is 0.125. The first kappa shape index (κ1) is 9.96. The summed E-state index contributed by atoms with van der Waals surface area (Å²) in [4.78, 5) is 8.94. The molecule has 5 nitrogen and oxygen atoms in total. The van der Waals surface area contributed by atoms with Gasteiger partial charge in [0.2, 0.25) is 5.95 Å². The normalized spacial score (nSPS) is 9.87. The fourth-order valence-electron chi connectivity index (χ4n) is 1.14. The summed E-state index contributed by atoms with van der Waals surface area (Å²) in [7, 11) is 0. The highest BCUT2D eigenvalue weighted by Crippen LogP contribution is 2.19. The zero-order valence-corrected chi connectivity index (χ0v) is 9.09. The lowest BCUT2D eigenvalue weighted by Gasteiger charge is -2.02. The van der Waals surface area contributed by atoms with Crippen molar-refractivity contribution in [1.82, 2.24) is 14.5 Å². The molecule has 0 unspecified atom stereocenters. The minimum Gasteiger partial charge on any atom is -0.311 e. The fourth-order valence-corrected chi connectivity index (χ4v) is 2.11. The molecule has 0 aromatic carbocycles. The number of nitriles is 1. The molecule has 0 aliphatic heterocycles. The minimum absolute atomic E-state index is 0.514. The maximum absolute atomic E-state index is 8.49. The van der Waals surface area contributed by atoms with Crippen molar-refractivity contribution in [2.24, 2.45) is 0 Å². The Kier molecular flexibility index (Phi) is 2.85. The number of imidazole rings is 1. The van der Waals surface area contributed by atoms with E-state index >= 15 is 0 Å². The highest BCUT2D eigenvalue weighted by Gasteiger charge is 2.04. The largest absolute Gasteiger partial charge is 0.311 e. The molecule has 0 aliphatic rings. The van der Waals surface area contributed by atoms with Gasteiger partial charge in [0.05, 0.1) is 6.54 Å². The number of nitrogens with zero attached hydrogens (tertiary/aromatic N) is 4. The summed E-state index contributed by atoms with van der Waals surface area (Å²) >= 11 is 7.12. The third kappa shape index (κ3) is 2.26. The predicted octanol–water partition coefficient (Wildman–Crippen LogP) is 1.93. The molecule has 15 heavy (non-hydrogen) atoms. The molecular formula is C8H6ClN5S. The number of anilines is 1. The highest BCUT2D eigenvalue weighted by atomic mass is 35.5. The Hall–Kier alpha value is -1.58. The summed E-state index contributed by atoms with van der Waals surface area (Å²) in [5.74, 6) is 0.516. The number of halogens is 1. The number of rotatable bonds is 3. The first-order valence-corrected chi connectivity index (χ1v) is 5.25. The van der Waals surface area contributed by atoms with E-state index < -0.39 is 0 Å². The molecule has 0 aliphatic carbocycles. The second kappa shape index (κ2) is 4.29. The van der Waals surface area contributed by atoms with Crippen LogP contribution >= 0.6 is 22.9 Å². The molecule has 2 heterocycles. The lowest BCUT2D eigenvalue weighted by Crippen LogP contribution is -2.02. The molecule has 7 heteroatoms. The third-order valence-corrected chi connectivity index (χ3v) is 2.83. The molecule has 1 N–H and O–H groups in total. The van der Waals surface area contributed by atoms with Crippen LogP contribution in [-0.4, -0.2) is 14.5 Å². The van der Waals surface area contributed by atoms with E-state index in [4.69, 9.17) is 16.9 Å². The van der Waals surface area contributed by atoms with Gasteiger partial charge in [-0.25, -0.2) is 9.97 Å². The van der Waals surface area contributed by atoms with Gasteiger partial charge in [-0.05, 0) is 0 Å². The Balaban J connectivity index is 2.17. The van der Waals surface area contributed by atoms with Crippen LogP contribution in [0.25, 0.3) is 0 Å². The zero-order chi connectivity index (χ0) is 10.7. The third-order valence-electron chi connectivity index (χ3n) is 1.73. The van der Waals surface area contributed by atoms with Gasteiger partial charge in [0.25, 0.3) is 0 Å². The van der Waals surface area contributed by atoms with Crippen molar-refractivity contribution in [2.75, 3.05) is 5.32 Å². The molecule has 0 fully saturated rings. The van der Waals surface area contributed by atoms with Crippen LogP contribution in [0, 0.1) is 11.5 Å². The van der Waals surface area contributed by atoms with Crippen LogP contribution in [0.4, 0.5) is 5.95 Å². The second-order valence-corrected chi connectivity index (χ2v) is 4.39. The maximum atomic E-state index is 8.49. The van der Waals surface area contributed by atoms with E-state index in [9.17, 15) is 0 Å². The van der Waals surface area contributed by atoms with Crippen molar-refractivity contribution in [2.45, 2.75) is 6.54 Å². The van der Waals surface area contributed by atoms with Gasteiger partial charge in [-0.3, -0.25) is 5.32 Å². The molecule has 2 aromatic rings. The monoisotopic (exact) mass is 239 g/mol. The van der Waals surface area contributed by atoms with Crippen molar-refractivity contribution >= 4 is 28.9 Å². The van der Waals surface area contributed by atoms with E-state index in [1.807, 2.05) is 10.8 Å². The van der Waals surface area contributed by atoms with Gasteiger partial charge >= 0.3 is 0 Å². The van der Waals surface area contributed by atoms with E-state index in [0.29, 0.717) is 17.0 Å². The van der Waals surface area contributed by atoms with Crippen molar-refractivity contribution in [3.05, 3.63) is 27.9 Å². The van der Waals surface area contributed by atoms with E-state index in [1.54, 1.807) is 18.6 Å². The van der Waals surface area contributed by atoms with Gasteiger partial charge < -0.3 is 4.57 Å². The van der Waals surface area contributed by atoms with Crippen LogP contribution < -0.4 is 5.32 Å². The Morgan fingerprint density at radius 1 is 1.60 bits per heavy atom. The smallest absolute Gasteiger partial charge is 0.216 e. The quantitative estimate of drug-likeness (QED) is 0.657. The van der Waals surface area contributed by atoms with Gasteiger partial charge in [0, 0.05) is 23.5 Å². The van der Waals surface area contributed by atoms with Crippen molar-refractivity contribution in [3.63, 3.8) is 0 Å². The molecule has 76 valence electrons. The Morgan fingerprint density at radius 3 is 3.13 bits per heavy atom. The number of thiazole rings is 1. The van der Waals surface area contributed by atoms with Crippen LogP contribution in [0.15, 0.2) is 18.6 Å². The molecular weight excluding hydrogens is 234 g/mol. The zero-order valence-electron chi connectivity index (χ0n) is 7.51. The molecule has 0 atom stereocenters. The van der Waals surface area contributed by atoms with Crippen LogP contribution in [0.3, 0.4) is 0 Å². The van der Waals surface area contributed by atoms with Crippen molar-refractivity contribution in [3.8, 4) is 6.19 Å². The first-order valence-electron chi connectivity index (χ1n) is 4.06. The summed E-state index contributed by atoms with van der Waals surface area (Å²) < 4.78 is 2.33. The predicted molar refractivity (Wildman–Crippen MR) is 57.7 cm³/mol. The van der Waals surface area contributed by atoms with Crippen LogP contribution in [-0.2, 0) is 6.54 Å². The summed E-state index contributed by atoms with van der Waals surface area (Å²) in [6, 6.07) is 0. The lowest BCUT2D eigenvalue weighted by atomic mass is 10.5. The van der Waals surface area contributed by atoms with E-state index in [1.165, 1.54) is 11.3 Å². The Morgan fingerprint density at radius 2 is 2.47 bits per heavy atom. The first-order chi connectivity index (χ1) is 7.29. The average Bonchev–Trinajstić information content (AvgIpc) is 2.78. The minimum atomic E-state index is 0.514. The van der Waals surface area contributed by atoms with Gasteiger partial charge in [-0.15, -0.1) is 11.3 Å². The Labute approximate surface area is 95.0 Å². The van der Waals surface area contributed by atoms with Crippen LogP contribution in [0.2, 0.25) is 4.47 Å². The van der Waals surface area contributed by atoms with Crippen LogP contribution in [0.1, 0.15) is 4.88 Å². The number of aromatic nitrogens is 3. The summed E-state index contributed by atoms with van der Waals surface area (Å²) in [6.07, 6.45) is 6.95. The SMILES string of the molecule is N#CNc1nccn1Cc1cnc(Cl)s1. The van der Waals surface area contributed by atoms with Crippen LogP contribution in [0.5, 0.6) is 0 Å². The highest BCUT2D eigenvalue weighted by molar-refractivity contribution is 7.15. The number of nitrogens with one attached hydrogen (secondary N) is 1. The second-order valence-electron chi connectivity index (χ2n) is 2.70. The van der Waals surface area contributed by atoms with Crippen molar-refractivity contribution < 1.29 is 0 Å². The molecule has 2 aromatic heterocycles. The van der Waals surface area contributed by atoms with Gasteiger partial charge in [-0.1, -0.05) is 11.6 Å². The topological polar surface area (TPSA) is 66.5 Å². The lowest BCUT2D eigenvalue weighted by molar-refractivity contribution is 0.819. The van der Waals surface area contributed by atoms with E-state index in [-0.39, 0.29) is 0 Å². The maximum Gasteiger partial charge on any atom is 0.216 e. The number of hydrogen-bond donors (Lipinski definition) is 1. The van der Waals surface area contributed by atoms with Crippen molar-refractivity contribution in [1.29, 1.82) is 5.26 Å². The summed E-state index contributed by atoms with van der Waals surface area (Å²) in [6.45, 7) is 0.606. The molecule has 0 bridgehead atoms. The average molecular weight is 240 g/mol. The van der Waals surface area contributed by atoms with E-state index in [0.717, 1.165) is 4.88 Å².